The molecule has 0 radical (unpaired) electrons. The molecule has 5 rings (SSSR count). The van der Waals surface area contributed by atoms with Crippen LogP contribution in [-0.2, 0) is 9.63 Å². The molecule has 0 amide bonds. The molecule has 1 N–H and O–H groups in total. The van der Waals surface area contributed by atoms with Crippen LogP contribution in [0.1, 0.15) is 71.6 Å². The number of ketones is 1. The Balaban J connectivity index is 1.31. The molecule has 0 aromatic rings. The molecule has 5 fully saturated rings. The summed E-state index contributed by atoms with van der Waals surface area (Å²) in [6, 6.07) is 0. The Morgan fingerprint density at radius 3 is 2.79 bits per heavy atom. The molecule has 4 unspecified atom stereocenters. The number of Topliss-reactive ketones (excluding diaryl/α,β-unsaturated/α-hetero) is 1. The first-order chi connectivity index (χ1) is 13.4. The van der Waals surface area contributed by atoms with Crippen molar-refractivity contribution in [2.45, 2.75) is 83.9 Å². The second kappa shape index (κ2) is 6.78. The zero-order valence-electron chi connectivity index (χ0n) is 17.4. The van der Waals surface area contributed by atoms with E-state index in [4.69, 9.17) is 4.84 Å². The molecule has 0 aromatic heterocycles. The number of oxime groups is 1. The highest BCUT2D eigenvalue weighted by Crippen LogP contribution is 2.65. The predicted molar refractivity (Wildman–Crippen MR) is 107 cm³/mol. The van der Waals surface area contributed by atoms with Gasteiger partial charge in [0.15, 0.2) is 12.0 Å². The molecule has 4 saturated carbocycles. The van der Waals surface area contributed by atoms with E-state index in [2.05, 4.69) is 24.3 Å². The molecule has 156 valence electrons. The van der Waals surface area contributed by atoms with Crippen LogP contribution in [0.3, 0.4) is 0 Å². The van der Waals surface area contributed by atoms with E-state index in [1.807, 2.05) is 0 Å². The highest BCUT2D eigenvalue weighted by atomic mass is 19.1. The van der Waals surface area contributed by atoms with Gasteiger partial charge in [-0.15, -0.1) is 0 Å². The summed E-state index contributed by atoms with van der Waals surface area (Å²) < 4.78 is 14.3. The van der Waals surface area contributed by atoms with Crippen molar-refractivity contribution < 1.29 is 14.0 Å². The lowest BCUT2D eigenvalue weighted by Gasteiger charge is -2.59. The van der Waals surface area contributed by atoms with Gasteiger partial charge >= 0.3 is 0 Å². The van der Waals surface area contributed by atoms with Crippen LogP contribution >= 0.6 is 0 Å². The third-order valence-electron chi connectivity index (χ3n) is 9.54. The van der Waals surface area contributed by atoms with E-state index in [-0.39, 0.29) is 17.8 Å². The van der Waals surface area contributed by atoms with Crippen LogP contribution in [0.2, 0.25) is 0 Å². The maximum atomic E-state index is 14.3. The normalized spacial score (nSPS) is 52.2. The van der Waals surface area contributed by atoms with Gasteiger partial charge < -0.3 is 10.2 Å². The highest BCUT2D eigenvalue weighted by Gasteiger charge is 2.62. The van der Waals surface area contributed by atoms with Crippen molar-refractivity contribution in [3.63, 3.8) is 0 Å². The summed E-state index contributed by atoms with van der Waals surface area (Å²) >= 11 is 0. The van der Waals surface area contributed by atoms with Crippen molar-refractivity contribution >= 4 is 11.5 Å². The maximum absolute atomic E-state index is 14.3. The Hall–Kier alpha value is -0.970. The van der Waals surface area contributed by atoms with Crippen LogP contribution in [0.4, 0.5) is 4.39 Å². The summed E-state index contributed by atoms with van der Waals surface area (Å²) in [6.45, 7) is 6.49. The molecule has 28 heavy (non-hydrogen) atoms. The third-order valence-corrected chi connectivity index (χ3v) is 9.54. The minimum absolute atomic E-state index is 0.0974. The summed E-state index contributed by atoms with van der Waals surface area (Å²) in [5, 5.41) is 7.88. The number of carbonyl (C=O) groups excluding carboxylic acids is 1. The maximum Gasteiger partial charge on any atom is 0.173 e. The number of rotatable bonds is 2. The molecule has 5 aliphatic rings. The van der Waals surface area contributed by atoms with E-state index in [1.165, 1.54) is 18.6 Å². The Morgan fingerprint density at radius 1 is 1.14 bits per heavy atom. The number of carbonyl (C=O) groups is 1. The van der Waals surface area contributed by atoms with Crippen LogP contribution in [-0.4, -0.2) is 36.9 Å². The first-order valence-corrected chi connectivity index (χ1v) is 11.5. The quantitative estimate of drug-likeness (QED) is 0.716. The van der Waals surface area contributed by atoms with Crippen LogP contribution < -0.4 is 5.32 Å². The Labute approximate surface area is 168 Å². The topological polar surface area (TPSA) is 50.7 Å². The van der Waals surface area contributed by atoms with Gasteiger partial charge in [0.1, 0.15) is 6.10 Å². The molecular formula is C23H35FN2O2. The number of fused-ring (bicyclic) bond motifs is 5. The minimum atomic E-state index is -1.22. The van der Waals surface area contributed by atoms with Crippen LogP contribution in [0, 0.1) is 34.5 Å². The first-order valence-electron chi connectivity index (χ1n) is 11.5. The second-order valence-corrected chi connectivity index (χ2v) is 10.8. The first kappa shape index (κ1) is 19.0. The minimum Gasteiger partial charge on any atom is -0.391 e. The van der Waals surface area contributed by atoms with Crippen LogP contribution in [0.25, 0.3) is 0 Å². The molecule has 4 nitrogen and oxygen atoms in total. The lowest BCUT2D eigenvalue weighted by atomic mass is 9.45. The molecule has 4 aliphatic carbocycles. The van der Waals surface area contributed by atoms with E-state index < -0.39 is 11.6 Å². The van der Waals surface area contributed by atoms with Gasteiger partial charge in [-0.1, -0.05) is 19.0 Å². The number of hydrogen-bond donors (Lipinski definition) is 1. The third kappa shape index (κ3) is 2.79. The number of hydrogen-bond acceptors (Lipinski definition) is 4. The average Bonchev–Trinajstić information content (AvgIpc) is 3.28. The number of nitrogens with zero attached hydrogens (tertiary/aromatic N) is 1. The van der Waals surface area contributed by atoms with Gasteiger partial charge in [-0.05, 0) is 87.0 Å². The zero-order chi connectivity index (χ0) is 19.5. The number of halogens is 1. The van der Waals surface area contributed by atoms with E-state index in [0.717, 1.165) is 51.6 Å². The van der Waals surface area contributed by atoms with Crippen molar-refractivity contribution in [2.24, 2.45) is 39.7 Å². The molecule has 8 atom stereocenters. The second-order valence-electron chi connectivity index (χ2n) is 10.8. The van der Waals surface area contributed by atoms with E-state index in [9.17, 15) is 9.18 Å². The van der Waals surface area contributed by atoms with Gasteiger partial charge in [0.2, 0.25) is 0 Å². The average molecular weight is 391 g/mol. The molecule has 0 spiro atoms. The molecule has 1 aliphatic heterocycles. The summed E-state index contributed by atoms with van der Waals surface area (Å²) in [5.74, 6) is 2.00. The molecule has 0 bridgehead atoms. The fourth-order valence-corrected chi connectivity index (χ4v) is 7.76. The highest BCUT2D eigenvalue weighted by molar-refractivity contribution is 5.91. The Morgan fingerprint density at radius 2 is 2.00 bits per heavy atom. The SMILES string of the molecule is C[C@]12CCC3C(CC[C@H]4CC(=NOC5CCNC5)CC[C@]34C)C1C[C@@H](F)C2=O. The van der Waals surface area contributed by atoms with Crippen LogP contribution in [0.5, 0.6) is 0 Å². The molecular weight excluding hydrogens is 355 g/mol. The summed E-state index contributed by atoms with van der Waals surface area (Å²) in [5.41, 5.74) is 1.16. The largest absolute Gasteiger partial charge is 0.391 e. The lowest BCUT2D eigenvalue weighted by Crippen LogP contribution is -2.53. The van der Waals surface area contributed by atoms with E-state index >= 15 is 0 Å². The standard InChI is InChI=1S/C23H35FN2O2/c1-22-8-5-15(26-28-16-7-10-25-13-16)11-14(22)3-4-17-18(22)6-9-23(2)19(17)12-20(24)21(23)27/h14,16-20,25H,3-13H2,1-2H3/t14-,16?,17?,18?,19?,20+,22-,23-/m0/s1. The van der Waals surface area contributed by atoms with Gasteiger partial charge in [-0.2, -0.15) is 0 Å². The van der Waals surface area contributed by atoms with Gasteiger partial charge in [0.25, 0.3) is 0 Å². The van der Waals surface area contributed by atoms with Gasteiger partial charge in [0, 0.05) is 18.4 Å². The molecule has 0 aromatic carbocycles. The lowest BCUT2D eigenvalue weighted by molar-refractivity contribution is -0.139. The van der Waals surface area contributed by atoms with Crippen molar-refractivity contribution in [1.82, 2.24) is 5.32 Å². The zero-order valence-corrected chi connectivity index (χ0v) is 17.4. The van der Waals surface area contributed by atoms with E-state index in [1.54, 1.807) is 0 Å². The summed E-state index contributed by atoms with van der Waals surface area (Å²) in [6.07, 6.45) is 8.15. The Kier molecular flexibility index (Phi) is 4.61. The van der Waals surface area contributed by atoms with Gasteiger partial charge in [-0.25, -0.2) is 4.39 Å². The fraction of sp³-hybridized carbons (Fsp3) is 0.913. The molecule has 1 heterocycles. The summed E-state index contributed by atoms with van der Waals surface area (Å²) in [7, 11) is 0. The van der Waals surface area contributed by atoms with Gasteiger partial charge in [-0.3, -0.25) is 4.79 Å². The fourth-order valence-electron chi connectivity index (χ4n) is 7.76. The van der Waals surface area contributed by atoms with Crippen LogP contribution in [0.15, 0.2) is 5.16 Å². The van der Waals surface area contributed by atoms with Crippen molar-refractivity contribution in [3.05, 3.63) is 0 Å². The Bertz CT molecular complexity index is 676. The van der Waals surface area contributed by atoms with Gasteiger partial charge in [0.05, 0.1) is 5.71 Å². The molecule has 1 saturated heterocycles. The molecule has 5 heteroatoms. The number of nitrogens with one attached hydrogen (secondary N) is 1. The van der Waals surface area contributed by atoms with E-state index in [0.29, 0.717) is 29.6 Å². The monoisotopic (exact) mass is 390 g/mol. The summed E-state index contributed by atoms with van der Waals surface area (Å²) in [4.78, 5) is 18.3. The van der Waals surface area contributed by atoms with Crippen molar-refractivity contribution in [3.8, 4) is 0 Å². The van der Waals surface area contributed by atoms with Crippen molar-refractivity contribution in [2.75, 3.05) is 13.1 Å². The number of alkyl halides is 1. The smallest absolute Gasteiger partial charge is 0.173 e. The predicted octanol–water partition coefficient (Wildman–Crippen LogP) is 4.28. The van der Waals surface area contributed by atoms with Crippen molar-refractivity contribution in [1.29, 1.82) is 0 Å².